The fraction of sp³-hybridized carbons (Fsp3) is 0. The van der Waals surface area contributed by atoms with Crippen molar-refractivity contribution in [1.29, 1.82) is 0 Å². The summed E-state index contributed by atoms with van der Waals surface area (Å²) in [6.45, 7) is 0. The Labute approximate surface area is 779 Å². The Morgan fingerprint density at radius 2 is 0.444 bits per heavy atom. The van der Waals surface area contributed by atoms with Crippen LogP contribution in [-0.2, 0) is 13.7 Å². The lowest BCUT2D eigenvalue weighted by Crippen LogP contribution is -2.20. The maximum Gasteiger partial charge on any atom is 0.235 e. The lowest BCUT2D eigenvalue weighted by atomic mass is 10.0. The Kier molecular flexibility index (Phi) is 19.5. The molecule has 27 rings (SSSR count). The first-order valence-corrected chi connectivity index (χ1v) is 50.5. The Morgan fingerprint density at radius 3 is 0.807 bits per heavy atom. The van der Waals surface area contributed by atoms with Gasteiger partial charge in [-0.1, -0.05) is 400 Å². The van der Waals surface area contributed by atoms with Gasteiger partial charge in [-0.3, -0.25) is 9.13 Å². The van der Waals surface area contributed by atoms with Gasteiger partial charge in [0.2, 0.25) is 5.95 Å². The highest BCUT2D eigenvalue weighted by molar-refractivity contribution is 7.87. The quantitative estimate of drug-likeness (QED) is 0.112. The summed E-state index contributed by atoms with van der Waals surface area (Å²) >= 11 is 0. The SMILES string of the molecule is O=P1(c2ccccc2)c2ccccc2-c2cc3c(cc21)c1ccccc1n3-c1cc(-c2ccccc2)cc(-c2ccccc2)n1.O=P1(c2ccccc2)c2ccccc2-c2cc3c(cc21)c1ccccc1n3-c1cc(-c2ccccc2)nc(-c2ccccc2)c1.O=P1(c2ccccc2)c2ccccc2-c2cc3c(cc21)c1ccccc1n3-c1nc(-c2ccccc2)cc(-c2ccccc2)n1. The molecule has 18 aromatic carbocycles. The van der Waals surface area contributed by atoms with Gasteiger partial charge >= 0.3 is 0 Å². The van der Waals surface area contributed by atoms with E-state index in [2.05, 4.69) is 293 Å². The summed E-state index contributed by atoms with van der Waals surface area (Å²) in [5.74, 6) is 1.44. The van der Waals surface area contributed by atoms with Crippen LogP contribution in [0.3, 0.4) is 0 Å². The molecule has 0 amide bonds. The maximum absolute atomic E-state index is 15.3. The van der Waals surface area contributed by atoms with E-state index in [-0.39, 0.29) is 0 Å². The van der Waals surface area contributed by atoms with Crippen molar-refractivity contribution in [3.8, 4) is 118 Å². The molecule has 24 aromatic rings. The van der Waals surface area contributed by atoms with E-state index in [1.54, 1.807) is 0 Å². The van der Waals surface area contributed by atoms with E-state index in [4.69, 9.17) is 19.9 Å². The lowest BCUT2D eigenvalue weighted by molar-refractivity contribution is 0.592. The average molecular weight is 1780 g/mol. The molecule has 0 saturated heterocycles. The van der Waals surface area contributed by atoms with Crippen molar-refractivity contribution < 1.29 is 13.7 Å². The number of fused-ring (bicyclic) bond motifs is 18. The molecule has 0 saturated carbocycles. The molecule has 10 nitrogen and oxygen atoms in total. The van der Waals surface area contributed by atoms with Crippen molar-refractivity contribution in [3.63, 3.8) is 0 Å². The minimum atomic E-state index is -3.08. The molecule has 9 heterocycles. The molecular weight excluding hydrogens is 1700 g/mol. The monoisotopic (exact) mass is 1780 g/mol. The Balaban J connectivity index is 0.000000108. The first kappa shape index (κ1) is 80.5. The Morgan fingerprint density at radius 1 is 0.170 bits per heavy atom. The normalized spacial score (nSPS) is 15.3. The van der Waals surface area contributed by atoms with E-state index in [9.17, 15) is 0 Å². The molecule has 3 atom stereocenters. The number of pyridine rings is 2. The predicted octanol–water partition coefficient (Wildman–Crippen LogP) is 26.8. The van der Waals surface area contributed by atoms with Crippen LogP contribution in [0.25, 0.3) is 184 Å². The second-order valence-corrected chi connectivity index (χ2v) is 42.5. The lowest BCUT2D eigenvalue weighted by Gasteiger charge is -2.16. The van der Waals surface area contributed by atoms with Gasteiger partial charge in [-0.05, 0) is 129 Å². The Hall–Kier alpha value is -16.6. The molecule has 3 aliphatic rings. The van der Waals surface area contributed by atoms with E-state index in [0.717, 1.165) is 225 Å². The molecule has 0 fully saturated rings. The van der Waals surface area contributed by atoms with Crippen LogP contribution < -0.4 is 47.7 Å². The van der Waals surface area contributed by atoms with Crippen LogP contribution in [0.15, 0.2) is 485 Å². The summed E-state index contributed by atoms with van der Waals surface area (Å²) in [4.78, 5) is 20.8. The summed E-state index contributed by atoms with van der Waals surface area (Å²) in [6.07, 6.45) is 0. The van der Waals surface area contributed by atoms with Gasteiger partial charge in [0.1, 0.15) is 5.82 Å². The van der Waals surface area contributed by atoms with Crippen LogP contribution in [0.1, 0.15) is 0 Å². The largest absolute Gasteiger partial charge is 0.309 e. The van der Waals surface area contributed by atoms with Crippen molar-refractivity contribution >= 4 is 135 Å². The van der Waals surface area contributed by atoms with Crippen LogP contribution in [0.5, 0.6) is 0 Å². The molecule has 0 bridgehead atoms. The zero-order valence-electron chi connectivity index (χ0n) is 72.9. The fourth-order valence-corrected chi connectivity index (χ4v) is 29.9. The molecule has 135 heavy (non-hydrogen) atoms. The molecule has 0 N–H and O–H groups in total. The molecule has 636 valence electrons. The first-order chi connectivity index (χ1) is 66.6. The van der Waals surface area contributed by atoms with E-state index in [1.165, 1.54) is 0 Å². The summed E-state index contributed by atoms with van der Waals surface area (Å²) in [7, 11) is -9.21. The van der Waals surface area contributed by atoms with E-state index >= 15 is 13.7 Å². The third kappa shape index (κ3) is 13.3. The molecule has 3 unspecified atom stereocenters. The zero-order valence-corrected chi connectivity index (χ0v) is 75.6. The van der Waals surface area contributed by atoms with E-state index < -0.39 is 21.4 Å². The fourth-order valence-electron chi connectivity index (χ4n) is 20.6. The highest BCUT2D eigenvalue weighted by atomic mass is 31.2. The number of benzene rings is 18. The molecule has 0 radical (unpaired) electrons. The van der Waals surface area contributed by atoms with Crippen molar-refractivity contribution in [2.45, 2.75) is 0 Å². The first-order valence-electron chi connectivity index (χ1n) is 45.4. The number of aromatic nitrogens is 7. The van der Waals surface area contributed by atoms with Crippen molar-refractivity contribution in [2.24, 2.45) is 0 Å². The molecule has 0 spiro atoms. The van der Waals surface area contributed by atoms with Crippen LogP contribution in [0.4, 0.5) is 0 Å². The molecular formula is C122H80N7O3P3. The van der Waals surface area contributed by atoms with Gasteiger partial charge in [-0.15, -0.1) is 0 Å². The summed E-state index contributed by atoms with van der Waals surface area (Å²) in [5.41, 5.74) is 25.4. The smallest absolute Gasteiger partial charge is 0.235 e. The molecule has 6 aromatic heterocycles. The van der Waals surface area contributed by atoms with Crippen molar-refractivity contribution in [1.82, 2.24) is 33.6 Å². The van der Waals surface area contributed by atoms with Gasteiger partial charge in [0.05, 0.1) is 67.3 Å². The van der Waals surface area contributed by atoms with Gasteiger partial charge < -0.3 is 18.3 Å². The molecule has 0 aliphatic carbocycles. The minimum absolute atomic E-state index is 0.596. The predicted molar refractivity (Wildman–Crippen MR) is 561 cm³/mol. The van der Waals surface area contributed by atoms with Crippen LogP contribution in [0.2, 0.25) is 0 Å². The number of para-hydroxylation sites is 3. The topological polar surface area (TPSA) is 118 Å². The number of hydrogen-bond acceptors (Lipinski definition) is 7. The van der Waals surface area contributed by atoms with Gasteiger partial charge in [0, 0.05) is 108 Å². The second kappa shape index (κ2) is 32.8. The van der Waals surface area contributed by atoms with Crippen LogP contribution >= 0.6 is 21.4 Å². The second-order valence-electron chi connectivity index (χ2n) is 34.4. The minimum Gasteiger partial charge on any atom is -0.309 e. The van der Waals surface area contributed by atoms with E-state index in [1.807, 2.05) is 206 Å². The van der Waals surface area contributed by atoms with Crippen LogP contribution in [0, 0.1) is 0 Å². The maximum atomic E-state index is 15.3. The van der Waals surface area contributed by atoms with Gasteiger partial charge in [0.15, 0.2) is 21.4 Å². The molecule has 13 heteroatoms. The van der Waals surface area contributed by atoms with Crippen molar-refractivity contribution in [2.75, 3.05) is 0 Å². The highest BCUT2D eigenvalue weighted by Gasteiger charge is 2.44. The summed E-state index contributed by atoms with van der Waals surface area (Å²) in [5, 5.41) is 14.5. The highest BCUT2D eigenvalue weighted by Crippen LogP contribution is 2.58. The zero-order chi connectivity index (χ0) is 89.9. The third-order valence-corrected chi connectivity index (χ3v) is 36.3. The average Bonchev–Trinajstić information content (AvgIpc) is 1.55. The standard InChI is InChI=1S/2C41H27N2OP.C40H26N3OP/c44-45(31-18-8-3-9-19-31)40-23-13-11-21-33(40)35-26-39-34(27-41(35)45)32-20-10-12-22-38(32)43(39)30-24-36(28-14-4-1-5-15-28)42-37(25-30)29-16-6-2-7-17-29;44-45(31-18-8-3-9-19-31)39-23-13-11-21-33(39)35-26-38-34(27-40(35)45)32-20-10-12-22-37(32)43(38)41-25-30(28-14-4-1-5-15-28)24-36(42-41)29-16-6-2-7-17-29;44-45(29-18-8-3-9-19-29)38-23-13-11-21-31(38)33-24-37-32(25-39(33)45)30-20-10-12-22-36(30)43(37)40-41-34(27-14-4-1-5-15-27)26-35(42-40)28-16-6-2-7-17-28/h2*1-27H;1-26H. The summed E-state index contributed by atoms with van der Waals surface area (Å²) in [6, 6.07) is 166. The third-order valence-electron chi connectivity index (χ3n) is 26.8. The summed E-state index contributed by atoms with van der Waals surface area (Å²) < 4.78 is 52.7. The number of rotatable bonds is 12. The van der Waals surface area contributed by atoms with Gasteiger partial charge in [-0.25, -0.2) is 19.9 Å². The number of hydrogen-bond donors (Lipinski definition) is 0. The molecule has 3 aliphatic heterocycles. The van der Waals surface area contributed by atoms with Gasteiger partial charge in [-0.2, -0.15) is 0 Å². The van der Waals surface area contributed by atoms with Gasteiger partial charge in [0.25, 0.3) is 0 Å². The Bertz CT molecular complexity index is 8010. The van der Waals surface area contributed by atoms with Crippen LogP contribution in [-0.4, -0.2) is 33.6 Å². The van der Waals surface area contributed by atoms with E-state index in [0.29, 0.717) is 5.95 Å². The van der Waals surface area contributed by atoms with Crippen molar-refractivity contribution in [3.05, 3.63) is 485 Å². The number of nitrogens with zero attached hydrogens (tertiary/aromatic N) is 7.